The lowest BCUT2D eigenvalue weighted by atomic mass is 10.0. The number of halogens is 1. The molecule has 0 unspecified atom stereocenters. The van der Waals surface area contributed by atoms with Crippen molar-refractivity contribution in [3.05, 3.63) is 70.7 Å². The predicted molar refractivity (Wildman–Crippen MR) is 129 cm³/mol. The largest absolute Gasteiger partial charge is 0.508 e. The Morgan fingerprint density at radius 2 is 2.09 bits per heavy atom. The third kappa shape index (κ3) is 4.47. The van der Waals surface area contributed by atoms with E-state index in [1.807, 2.05) is 18.2 Å². The maximum absolute atomic E-state index is 14.5. The number of nitrogens with one attached hydrogen (secondary N) is 2. The summed E-state index contributed by atoms with van der Waals surface area (Å²) in [5.74, 6) is -0.295. The van der Waals surface area contributed by atoms with Crippen LogP contribution in [0.15, 0.2) is 42.6 Å². The molecule has 0 radical (unpaired) electrons. The average molecular weight is 463 g/mol. The van der Waals surface area contributed by atoms with Gasteiger partial charge in [0.25, 0.3) is 0 Å². The molecule has 1 aromatic heterocycles. The quantitative estimate of drug-likeness (QED) is 0.456. The van der Waals surface area contributed by atoms with Gasteiger partial charge in [-0.15, -0.1) is 0 Å². The number of Topliss-reactive ketones (excluding diaryl/α,β-unsaturated/α-hetero) is 1. The molecule has 3 heterocycles. The Labute approximate surface area is 197 Å². The molecule has 0 aliphatic carbocycles. The maximum atomic E-state index is 14.5. The van der Waals surface area contributed by atoms with Gasteiger partial charge in [-0.2, -0.15) is 0 Å². The van der Waals surface area contributed by atoms with Gasteiger partial charge in [-0.3, -0.25) is 9.69 Å². The highest BCUT2D eigenvalue weighted by Crippen LogP contribution is 2.35. The maximum Gasteiger partial charge on any atom is 0.173 e. The number of phenolic OH excluding ortho intramolecular Hbond substituents is 1. The van der Waals surface area contributed by atoms with E-state index in [4.69, 9.17) is 0 Å². The lowest BCUT2D eigenvalue weighted by Crippen LogP contribution is -2.37. The summed E-state index contributed by atoms with van der Waals surface area (Å²) in [4.78, 5) is 19.9. The van der Waals surface area contributed by atoms with E-state index >= 15 is 0 Å². The van der Waals surface area contributed by atoms with E-state index < -0.39 is 5.82 Å². The number of pyridine rings is 1. The molecule has 0 bridgehead atoms. The van der Waals surface area contributed by atoms with Crippen LogP contribution in [-0.4, -0.2) is 45.1 Å². The van der Waals surface area contributed by atoms with E-state index in [-0.39, 0.29) is 29.7 Å². The summed E-state index contributed by atoms with van der Waals surface area (Å²) in [6.45, 7) is 3.93. The second-order valence-corrected chi connectivity index (χ2v) is 9.07. The predicted octanol–water partition coefficient (Wildman–Crippen LogP) is 4.42. The Bertz CT molecular complexity index is 1260. The van der Waals surface area contributed by atoms with Crippen molar-refractivity contribution in [3.8, 4) is 5.75 Å². The van der Waals surface area contributed by atoms with Gasteiger partial charge >= 0.3 is 0 Å². The second-order valence-electron chi connectivity index (χ2n) is 9.07. The number of benzene rings is 2. The second kappa shape index (κ2) is 9.04. The van der Waals surface area contributed by atoms with Crippen molar-refractivity contribution >= 4 is 28.7 Å². The zero-order valence-corrected chi connectivity index (χ0v) is 18.9. The molecule has 0 saturated carbocycles. The number of hydrogen-bond donors (Lipinski definition) is 4. The molecule has 3 aromatic rings. The van der Waals surface area contributed by atoms with Crippen molar-refractivity contribution in [2.24, 2.45) is 0 Å². The highest BCUT2D eigenvalue weighted by molar-refractivity contribution is 6.09. The first kappa shape index (κ1) is 22.3. The van der Waals surface area contributed by atoms with Gasteiger partial charge in [0, 0.05) is 37.5 Å². The number of phenols is 1. The van der Waals surface area contributed by atoms with Gasteiger partial charge in [-0.1, -0.05) is 12.1 Å². The molecule has 8 heteroatoms. The Hall–Kier alpha value is -3.49. The van der Waals surface area contributed by atoms with Gasteiger partial charge in [0.05, 0.1) is 23.0 Å². The average Bonchev–Trinajstić information content (AvgIpc) is 2.93. The molecule has 34 heavy (non-hydrogen) atoms. The van der Waals surface area contributed by atoms with Gasteiger partial charge in [-0.05, 0) is 61.2 Å². The monoisotopic (exact) mass is 462 g/mol. The molecule has 1 saturated heterocycles. The number of piperidine rings is 1. The van der Waals surface area contributed by atoms with E-state index in [1.54, 1.807) is 19.2 Å². The first-order chi connectivity index (χ1) is 16.4. The van der Waals surface area contributed by atoms with Crippen molar-refractivity contribution in [3.63, 3.8) is 0 Å². The minimum absolute atomic E-state index is 0.0327. The van der Waals surface area contributed by atoms with Crippen LogP contribution in [-0.2, 0) is 13.0 Å². The molecule has 2 aliphatic heterocycles. The SMILES string of the molecule is Cc1cc(F)c(Nc2ccnc3c2C(=O)Cc2cc(CN4CCC[C@@H](O)C4)ccc2N3)cc1O. The summed E-state index contributed by atoms with van der Waals surface area (Å²) in [6.07, 6.45) is 3.25. The zero-order chi connectivity index (χ0) is 23.8. The molecule has 176 valence electrons. The summed E-state index contributed by atoms with van der Waals surface area (Å²) in [6, 6.07) is 10.2. The third-order valence-electron chi connectivity index (χ3n) is 6.45. The van der Waals surface area contributed by atoms with E-state index in [9.17, 15) is 19.4 Å². The fourth-order valence-corrected chi connectivity index (χ4v) is 4.68. The molecule has 0 amide bonds. The van der Waals surface area contributed by atoms with Gasteiger partial charge in [-0.25, -0.2) is 9.37 Å². The third-order valence-corrected chi connectivity index (χ3v) is 6.45. The fourth-order valence-electron chi connectivity index (χ4n) is 4.68. The number of aromatic nitrogens is 1. The molecule has 2 aliphatic rings. The Morgan fingerprint density at radius 1 is 1.24 bits per heavy atom. The van der Waals surface area contributed by atoms with Crippen molar-refractivity contribution in [2.45, 2.75) is 38.8 Å². The number of anilines is 4. The summed E-state index contributed by atoms with van der Waals surface area (Å²) in [7, 11) is 0. The number of carbonyl (C=O) groups is 1. The van der Waals surface area contributed by atoms with E-state index in [0.717, 1.165) is 36.2 Å². The first-order valence-electron chi connectivity index (χ1n) is 11.4. The molecular formula is C26H27FN4O3. The Morgan fingerprint density at radius 3 is 2.91 bits per heavy atom. The van der Waals surface area contributed by atoms with Crippen LogP contribution in [0.3, 0.4) is 0 Å². The normalized spacial score (nSPS) is 18.0. The number of aliphatic hydroxyl groups excluding tert-OH is 1. The number of aromatic hydroxyl groups is 1. The van der Waals surface area contributed by atoms with Crippen molar-refractivity contribution in [1.82, 2.24) is 9.88 Å². The van der Waals surface area contributed by atoms with E-state index in [1.165, 1.54) is 12.1 Å². The molecule has 4 N–H and O–H groups in total. The molecule has 1 atom stereocenters. The number of aryl methyl sites for hydroxylation is 1. The van der Waals surface area contributed by atoms with Crippen molar-refractivity contribution < 1.29 is 19.4 Å². The lowest BCUT2D eigenvalue weighted by Gasteiger charge is -2.30. The van der Waals surface area contributed by atoms with Crippen LogP contribution < -0.4 is 10.6 Å². The van der Waals surface area contributed by atoms with Crippen LogP contribution in [0.25, 0.3) is 0 Å². The number of likely N-dealkylation sites (tertiary alicyclic amines) is 1. The number of fused-ring (bicyclic) bond motifs is 2. The molecule has 0 spiro atoms. The Balaban J connectivity index is 1.42. The van der Waals surface area contributed by atoms with Crippen LogP contribution in [0.5, 0.6) is 5.75 Å². The smallest absolute Gasteiger partial charge is 0.173 e. The van der Waals surface area contributed by atoms with Crippen LogP contribution in [0.2, 0.25) is 0 Å². The minimum Gasteiger partial charge on any atom is -0.508 e. The number of β-amino-alcohol motifs (C(OH)–C–C–N with tert-alkyl or cyclic N) is 1. The molecular weight excluding hydrogens is 435 g/mol. The first-order valence-corrected chi connectivity index (χ1v) is 11.4. The molecule has 2 aromatic carbocycles. The molecule has 5 rings (SSSR count). The number of nitrogens with zero attached hydrogens (tertiary/aromatic N) is 2. The van der Waals surface area contributed by atoms with Crippen LogP contribution in [0.4, 0.5) is 27.3 Å². The van der Waals surface area contributed by atoms with Gasteiger partial charge in [0.1, 0.15) is 17.4 Å². The standard InChI is InChI=1S/C26H27FN4O3/c1-15-9-19(27)22(12-23(15)33)29-21-6-7-28-26-25(21)24(34)11-17-10-16(4-5-20(17)30-26)13-31-8-2-3-18(32)14-31/h4-7,9-10,12,18,32-33H,2-3,8,11,13-14H2,1H3,(H2,28,29,30)/t18-/m1/s1. The summed E-state index contributed by atoms with van der Waals surface area (Å²) >= 11 is 0. The summed E-state index contributed by atoms with van der Waals surface area (Å²) < 4.78 is 14.5. The zero-order valence-electron chi connectivity index (χ0n) is 18.9. The van der Waals surface area contributed by atoms with Gasteiger partial charge < -0.3 is 20.8 Å². The van der Waals surface area contributed by atoms with Crippen LogP contribution >= 0.6 is 0 Å². The summed E-state index contributed by atoms with van der Waals surface area (Å²) in [5, 5.41) is 26.2. The topological polar surface area (TPSA) is 97.7 Å². The highest BCUT2D eigenvalue weighted by Gasteiger charge is 2.25. The highest BCUT2D eigenvalue weighted by atomic mass is 19.1. The lowest BCUT2D eigenvalue weighted by molar-refractivity contribution is 0.0668. The fraction of sp³-hybridized carbons (Fsp3) is 0.308. The number of ketones is 1. The number of carbonyl (C=O) groups excluding carboxylic acids is 1. The molecule has 1 fully saturated rings. The van der Waals surface area contributed by atoms with Gasteiger partial charge in [0.15, 0.2) is 5.78 Å². The minimum atomic E-state index is -0.523. The van der Waals surface area contributed by atoms with E-state index in [0.29, 0.717) is 35.7 Å². The van der Waals surface area contributed by atoms with Crippen LogP contribution in [0, 0.1) is 12.7 Å². The van der Waals surface area contributed by atoms with E-state index in [2.05, 4.69) is 20.5 Å². The van der Waals surface area contributed by atoms with Crippen LogP contribution in [0.1, 0.15) is 39.9 Å². The number of rotatable bonds is 4. The van der Waals surface area contributed by atoms with Gasteiger partial charge in [0.2, 0.25) is 0 Å². The molecule has 7 nitrogen and oxygen atoms in total. The summed E-state index contributed by atoms with van der Waals surface area (Å²) in [5.41, 5.74) is 4.02. The van der Waals surface area contributed by atoms with Crippen molar-refractivity contribution in [1.29, 1.82) is 0 Å². The number of aliphatic hydroxyl groups is 1. The van der Waals surface area contributed by atoms with Crippen molar-refractivity contribution in [2.75, 3.05) is 23.7 Å². The Kier molecular flexibility index (Phi) is 5.93. The number of hydrogen-bond acceptors (Lipinski definition) is 7.